The van der Waals surface area contributed by atoms with Crippen molar-refractivity contribution in [2.75, 3.05) is 11.1 Å². The van der Waals surface area contributed by atoms with Crippen LogP contribution in [0.2, 0.25) is 0 Å². The molecule has 5 N–H and O–H groups in total. The number of nitro groups is 1. The van der Waals surface area contributed by atoms with Gasteiger partial charge in [-0.25, -0.2) is 4.79 Å². The van der Waals surface area contributed by atoms with Gasteiger partial charge in [0.2, 0.25) is 5.82 Å². The number of nitrogens with two attached hydrogens (primary N) is 1. The van der Waals surface area contributed by atoms with E-state index in [0.29, 0.717) is 11.4 Å². The largest absolute Gasteiger partial charge is 0.481 e. The predicted octanol–water partition coefficient (Wildman–Crippen LogP) is 4.55. The smallest absolute Gasteiger partial charge is 0.331 e. The number of nitrogens with one attached hydrogen (secondary N) is 1. The summed E-state index contributed by atoms with van der Waals surface area (Å²) in [7, 11) is 0. The lowest BCUT2D eigenvalue weighted by atomic mass is 9.76. The van der Waals surface area contributed by atoms with Crippen molar-refractivity contribution >= 4 is 62.9 Å². The number of nitrogen functional groups attached to an aromatic ring is 1. The molecule has 1 atom stereocenters. The zero-order valence-electron chi connectivity index (χ0n) is 16.6. The number of aliphatic carboxylic acids is 2. The molecule has 2 aromatic rings. The second kappa shape index (κ2) is 8.57. The Hall–Kier alpha value is -3.48. The number of carboxylic acid groups (broad SMARTS) is 2. The van der Waals surface area contributed by atoms with Gasteiger partial charge in [0.05, 0.1) is 21.7 Å². The van der Waals surface area contributed by atoms with Gasteiger partial charge in [-0.2, -0.15) is 4.39 Å². The Morgan fingerprint density at radius 2 is 1.94 bits per heavy atom. The Morgan fingerprint density at radius 1 is 1.25 bits per heavy atom. The lowest BCUT2D eigenvalue weighted by Crippen LogP contribution is -2.29. The van der Waals surface area contributed by atoms with Gasteiger partial charge in [-0.1, -0.05) is 6.08 Å². The van der Waals surface area contributed by atoms with Gasteiger partial charge in [-0.15, -0.1) is 0 Å². The van der Waals surface area contributed by atoms with E-state index < -0.39 is 33.8 Å². The molecule has 0 radical (unpaired) electrons. The van der Waals surface area contributed by atoms with Crippen LogP contribution in [0.5, 0.6) is 0 Å². The quantitative estimate of drug-likeness (QED) is 0.176. The average molecular weight is 553 g/mol. The van der Waals surface area contributed by atoms with Crippen LogP contribution in [0, 0.1) is 24.9 Å². The van der Waals surface area contributed by atoms with Crippen molar-refractivity contribution in [2.45, 2.75) is 13.3 Å². The first-order valence-electron chi connectivity index (χ1n) is 9.12. The summed E-state index contributed by atoms with van der Waals surface area (Å²) >= 11 is 2.06. The Balaban J connectivity index is 2.25. The van der Waals surface area contributed by atoms with E-state index in [9.17, 15) is 34.3 Å². The van der Waals surface area contributed by atoms with Crippen molar-refractivity contribution in [3.63, 3.8) is 0 Å². The molecule has 32 heavy (non-hydrogen) atoms. The van der Waals surface area contributed by atoms with Gasteiger partial charge in [-0.05, 0) is 65.8 Å². The minimum Gasteiger partial charge on any atom is -0.481 e. The summed E-state index contributed by atoms with van der Waals surface area (Å²) in [5.41, 5.74) is 4.32. The molecular weight excluding hydrogens is 536 g/mol. The van der Waals surface area contributed by atoms with E-state index in [1.54, 1.807) is 18.2 Å². The summed E-state index contributed by atoms with van der Waals surface area (Å²) in [6.07, 6.45) is 2.25. The highest BCUT2D eigenvalue weighted by molar-refractivity contribution is 14.1. The zero-order valence-corrected chi connectivity index (χ0v) is 18.7. The van der Waals surface area contributed by atoms with Crippen LogP contribution in [0.15, 0.2) is 48.1 Å². The van der Waals surface area contributed by atoms with Crippen LogP contribution in [-0.2, 0) is 9.59 Å². The van der Waals surface area contributed by atoms with Gasteiger partial charge in [0, 0.05) is 32.5 Å². The second-order valence-corrected chi connectivity index (χ2v) is 8.68. The van der Waals surface area contributed by atoms with Crippen LogP contribution in [0.3, 0.4) is 0 Å². The van der Waals surface area contributed by atoms with E-state index in [4.69, 9.17) is 5.73 Å². The van der Waals surface area contributed by atoms with Crippen LogP contribution in [-0.4, -0.2) is 27.1 Å². The molecule has 0 amide bonds. The lowest BCUT2D eigenvalue weighted by molar-refractivity contribution is -0.387. The van der Waals surface area contributed by atoms with Crippen molar-refractivity contribution in [2.24, 2.45) is 5.41 Å². The molecule has 9 nitrogen and oxygen atoms in total. The number of benzene rings is 2. The van der Waals surface area contributed by atoms with Crippen LogP contribution >= 0.6 is 22.6 Å². The van der Waals surface area contributed by atoms with Crippen molar-refractivity contribution in [3.8, 4) is 0 Å². The second-order valence-electron chi connectivity index (χ2n) is 7.44. The summed E-state index contributed by atoms with van der Waals surface area (Å²) in [5.74, 6) is -3.71. The molecule has 2 aromatic carbocycles. The third kappa shape index (κ3) is 4.56. The Bertz CT molecular complexity index is 1230. The van der Waals surface area contributed by atoms with Crippen LogP contribution in [0.1, 0.15) is 18.9 Å². The minimum absolute atomic E-state index is 0.0574. The molecule has 166 valence electrons. The van der Waals surface area contributed by atoms with Gasteiger partial charge in [0.15, 0.2) is 0 Å². The summed E-state index contributed by atoms with van der Waals surface area (Å²) < 4.78 is 15.3. The maximum absolute atomic E-state index is 14.5. The zero-order chi connectivity index (χ0) is 23.8. The fourth-order valence-corrected chi connectivity index (χ4v) is 3.85. The molecule has 0 saturated carbocycles. The van der Waals surface area contributed by atoms with Crippen molar-refractivity contribution in [3.05, 3.63) is 73.1 Å². The van der Waals surface area contributed by atoms with E-state index in [1.165, 1.54) is 19.1 Å². The lowest BCUT2D eigenvalue weighted by Gasteiger charge is -2.27. The number of nitrogens with zero attached hydrogens (tertiary/aromatic N) is 1. The van der Waals surface area contributed by atoms with E-state index >= 15 is 0 Å². The molecule has 1 aliphatic rings. The molecule has 0 saturated heterocycles. The molecule has 0 spiro atoms. The fourth-order valence-electron chi connectivity index (χ4n) is 3.34. The standard InChI is InChI=1S/C21H17FIN3O6/c1-21(20(29)30)8-10(4-11(9-21)19(27)28)13-6-18(26(31)32)14(22)7-17(13)25-16-3-2-12(23)5-15(16)24/h2-8,25H,9,24H2,1H3,(H,27,28)(H,29,30). The molecule has 0 heterocycles. The van der Waals surface area contributed by atoms with Gasteiger partial charge < -0.3 is 21.3 Å². The number of allylic oxidation sites excluding steroid dienone is 2. The molecule has 1 unspecified atom stereocenters. The van der Waals surface area contributed by atoms with Crippen molar-refractivity contribution < 1.29 is 29.1 Å². The number of hydrogen-bond acceptors (Lipinski definition) is 6. The highest BCUT2D eigenvalue weighted by Gasteiger charge is 2.37. The van der Waals surface area contributed by atoms with Crippen molar-refractivity contribution in [1.82, 2.24) is 0 Å². The van der Waals surface area contributed by atoms with Gasteiger partial charge in [0.25, 0.3) is 0 Å². The van der Waals surface area contributed by atoms with Crippen LogP contribution in [0.25, 0.3) is 5.57 Å². The summed E-state index contributed by atoms with van der Waals surface area (Å²) in [5, 5.41) is 33.4. The molecule has 11 heteroatoms. The number of carboxylic acids is 2. The Kier molecular flexibility index (Phi) is 6.21. The monoisotopic (exact) mass is 553 g/mol. The number of hydrogen-bond donors (Lipinski definition) is 4. The van der Waals surface area contributed by atoms with Crippen molar-refractivity contribution in [1.29, 1.82) is 0 Å². The topological polar surface area (TPSA) is 156 Å². The number of rotatable bonds is 6. The maximum atomic E-state index is 14.5. The number of nitro benzene ring substituents is 1. The normalized spacial score (nSPS) is 17.8. The summed E-state index contributed by atoms with van der Waals surface area (Å²) in [6, 6.07) is 6.87. The number of anilines is 3. The third-order valence-electron chi connectivity index (χ3n) is 5.00. The van der Waals surface area contributed by atoms with Gasteiger partial charge in [0.1, 0.15) is 0 Å². The van der Waals surface area contributed by atoms with Gasteiger partial charge in [-0.3, -0.25) is 14.9 Å². The fraction of sp³-hybridized carbons (Fsp3) is 0.143. The average Bonchev–Trinajstić information content (AvgIpc) is 2.69. The molecule has 0 aliphatic heterocycles. The van der Waals surface area contributed by atoms with E-state index in [1.807, 2.05) is 0 Å². The first-order chi connectivity index (χ1) is 14.9. The minimum atomic E-state index is -1.58. The molecule has 0 fully saturated rings. The first-order valence-corrected chi connectivity index (χ1v) is 10.2. The summed E-state index contributed by atoms with van der Waals surface area (Å²) in [6.45, 7) is 1.34. The van der Waals surface area contributed by atoms with E-state index in [2.05, 4.69) is 27.9 Å². The first kappa shape index (κ1) is 23.2. The van der Waals surface area contributed by atoms with Gasteiger partial charge >= 0.3 is 17.6 Å². The van der Waals surface area contributed by atoms with E-state index in [0.717, 1.165) is 15.7 Å². The SMILES string of the molecule is CC1(C(=O)O)C=C(c2cc([N+](=O)[O-])c(F)cc2Nc2ccc(I)cc2N)C=C(C(=O)O)C1. The van der Waals surface area contributed by atoms with E-state index in [-0.39, 0.29) is 28.8 Å². The maximum Gasteiger partial charge on any atom is 0.331 e. The molecular formula is C21H17FIN3O6. The van der Waals surface area contributed by atoms with Crippen LogP contribution < -0.4 is 11.1 Å². The number of halogens is 2. The Morgan fingerprint density at radius 3 is 2.50 bits per heavy atom. The summed E-state index contributed by atoms with van der Waals surface area (Å²) in [4.78, 5) is 33.9. The predicted molar refractivity (Wildman–Crippen MR) is 124 cm³/mol. The third-order valence-corrected chi connectivity index (χ3v) is 5.67. The molecule has 3 rings (SSSR count). The highest BCUT2D eigenvalue weighted by Crippen LogP contribution is 2.42. The molecule has 1 aliphatic carbocycles. The highest BCUT2D eigenvalue weighted by atomic mass is 127. The molecule has 0 bridgehead atoms. The van der Waals surface area contributed by atoms with Crippen LogP contribution in [0.4, 0.5) is 27.1 Å². The Labute approximate surface area is 194 Å². The number of carbonyl (C=O) groups is 2. The molecule has 0 aromatic heterocycles.